The van der Waals surface area contributed by atoms with Crippen LogP contribution in [-0.2, 0) is 9.53 Å². The Balaban J connectivity index is 1.27. The van der Waals surface area contributed by atoms with E-state index < -0.39 is 5.97 Å². The van der Waals surface area contributed by atoms with Gasteiger partial charge < -0.3 is 31.1 Å². The van der Waals surface area contributed by atoms with E-state index in [0.29, 0.717) is 25.9 Å². The van der Waals surface area contributed by atoms with E-state index in [2.05, 4.69) is 24.8 Å². The third kappa shape index (κ3) is 5.18. The molecule has 1 atom stereocenters. The monoisotopic (exact) mass is 446 g/mol. The van der Waals surface area contributed by atoms with Gasteiger partial charge in [0.1, 0.15) is 11.9 Å². The number of aromatic nitrogens is 2. The Labute approximate surface area is 186 Å². The number of ether oxygens (including phenoxy) is 1. The number of hydrogen-bond acceptors (Lipinski definition) is 8. The lowest BCUT2D eigenvalue weighted by Crippen LogP contribution is -2.46. The lowest BCUT2D eigenvalue weighted by atomic mass is 9.97. The first-order valence-corrected chi connectivity index (χ1v) is 11.0. The number of anilines is 1. The number of carboxylic acid groups (broad SMARTS) is 1. The number of piperidine rings is 2. The normalized spacial score (nSPS) is 23.2. The van der Waals surface area contributed by atoms with Crippen LogP contribution < -0.4 is 16.4 Å². The maximum Gasteiger partial charge on any atom is 0.410 e. The highest BCUT2D eigenvalue weighted by atomic mass is 16.6. The van der Waals surface area contributed by atoms with Crippen molar-refractivity contribution in [2.24, 2.45) is 22.4 Å². The van der Waals surface area contributed by atoms with E-state index in [-0.39, 0.29) is 36.1 Å². The molecule has 12 heteroatoms. The molecule has 3 aliphatic heterocycles. The van der Waals surface area contributed by atoms with Crippen LogP contribution in [0.25, 0.3) is 0 Å². The van der Waals surface area contributed by atoms with Crippen LogP contribution >= 0.6 is 0 Å². The van der Waals surface area contributed by atoms with E-state index in [1.54, 1.807) is 6.20 Å². The minimum absolute atomic E-state index is 0.0887. The van der Waals surface area contributed by atoms with Gasteiger partial charge in [0.25, 0.3) is 5.95 Å². The molecule has 0 bridgehead atoms. The van der Waals surface area contributed by atoms with Gasteiger partial charge in [-0.15, -0.1) is 0 Å². The summed E-state index contributed by atoms with van der Waals surface area (Å²) in [6.07, 6.45) is 4.11. The van der Waals surface area contributed by atoms with E-state index in [1.165, 1.54) is 0 Å². The average molecular weight is 447 g/mol. The number of aliphatic carboxylic acids is 1. The van der Waals surface area contributed by atoms with Gasteiger partial charge in [0, 0.05) is 31.9 Å². The zero-order valence-corrected chi connectivity index (χ0v) is 18.0. The van der Waals surface area contributed by atoms with Crippen molar-refractivity contribution in [3.8, 4) is 0 Å². The fourth-order valence-electron chi connectivity index (χ4n) is 4.68. The van der Waals surface area contributed by atoms with Gasteiger partial charge in [-0.2, -0.15) is 9.98 Å². The summed E-state index contributed by atoms with van der Waals surface area (Å²) in [6.45, 7) is 4.18. The molecule has 0 radical (unpaired) electrons. The predicted molar refractivity (Wildman–Crippen MR) is 117 cm³/mol. The Kier molecular flexibility index (Phi) is 6.58. The Morgan fingerprint density at radius 3 is 2.56 bits per heavy atom. The van der Waals surface area contributed by atoms with Crippen LogP contribution in [0.4, 0.5) is 16.6 Å². The number of carbonyl (C=O) groups is 2. The summed E-state index contributed by atoms with van der Waals surface area (Å²) < 4.78 is 5.62. The van der Waals surface area contributed by atoms with Crippen molar-refractivity contribution in [1.29, 1.82) is 0 Å². The van der Waals surface area contributed by atoms with Gasteiger partial charge in [0.2, 0.25) is 0 Å². The number of likely N-dealkylation sites (tertiary alicyclic amines) is 1. The quantitative estimate of drug-likeness (QED) is 0.399. The Morgan fingerprint density at radius 1 is 1.19 bits per heavy atom. The molecule has 1 unspecified atom stereocenters. The number of nitrogens with zero attached hydrogens (tertiary/aromatic N) is 6. The third-order valence-corrected chi connectivity index (χ3v) is 6.39. The molecule has 0 aliphatic carbocycles. The highest BCUT2D eigenvalue weighted by Crippen LogP contribution is 2.26. The van der Waals surface area contributed by atoms with Gasteiger partial charge in [-0.25, -0.2) is 9.78 Å². The van der Waals surface area contributed by atoms with Crippen LogP contribution in [0.5, 0.6) is 0 Å². The van der Waals surface area contributed by atoms with Crippen LogP contribution in [-0.4, -0.2) is 94.3 Å². The largest absolute Gasteiger partial charge is 0.481 e. The van der Waals surface area contributed by atoms with Gasteiger partial charge in [0.15, 0.2) is 5.96 Å². The van der Waals surface area contributed by atoms with Gasteiger partial charge in [-0.3, -0.25) is 9.69 Å². The first-order chi connectivity index (χ1) is 15.4. The fraction of sp³-hybridized carbons (Fsp3) is 0.650. The fourth-order valence-corrected chi connectivity index (χ4v) is 4.68. The number of cyclic esters (lactones) is 1. The Morgan fingerprint density at radius 2 is 1.91 bits per heavy atom. The lowest BCUT2D eigenvalue weighted by Gasteiger charge is -2.36. The second kappa shape index (κ2) is 9.55. The van der Waals surface area contributed by atoms with Gasteiger partial charge in [-0.05, 0) is 44.8 Å². The van der Waals surface area contributed by atoms with Crippen molar-refractivity contribution in [1.82, 2.24) is 19.8 Å². The molecule has 1 aromatic heterocycles. The maximum atomic E-state index is 12.5. The summed E-state index contributed by atoms with van der Waals surface area (Å²) in [6, 6.07) is 1.94. The minimum atomic E-state index is -0.719. The van der Waals surface area contributed by atoms with E-state index in [9.17, 15) is 9.59 Å². The number of rotatable bonds is 6. The molecular formula is C20H30N8O4. The summed E-state index contributed by atoms with van der Waals surface area (Å²) in [5.74, 6) is -0.0874. The Bertz CT molecular complexity index is 861. The number of hydrogen-bond donors (Lipinski definition) is 3. The average Bonchev–Trinajstić information content (AvgIpc) is 3.14. The van der Waals surface area contributed by atoms with Gasteiger partial charge >= 0.3 is 12.1 Å². The molecule has 3 aliphatic rings. The van der Waals surface area contributed by atoms with Gasteiger partial charge in [0.05, 0.1) is 12.5 Å². The number of guanidine groups is 1. The molecule has 0 spiro atoms. The van der Waals surface area contributed by atoms with Crippen molar-refractivity contribution in [2.75, 3.05) is 44.2 Å². The molecule has 1 aromatic rings. The molecule has 3 saturated heterocycles. The van der Waals surface area contributed by atoms with Crippen molar-refractivity contribution < 1.29 is 19.4 Å². The summed E-state index contributed by atoms with van der Waals surface area (Å²) in [7, 11) is 0. The summed E-state index contributed by atoms with van der Waals surface area (Å²) in [5.41, 5.74) is 10.8. The zero-order chi connectivity index (χ0) is 22.7. The molecule has 0 saturated carbocycles. The molecule has 0 aromatic carbocycles. The molecule has 5 N–H and O–H groups in total. The van der Waals surface area contributed by atoms with Crippen LogP contribution in [0.15, 0.2) is 17.3 Å². The molecule has 4 heterocycles. The van der Waals surface area contributed by atoms with Crippen LogP contribution in [0, 0.1) is 5.92 Å². The smallest absolute Gasteiger partial charge is 0.410 e. The first-order valence-electron chi connectivity index (χ1n) is 11.0. The van der Waals surface area contributed by atoms with Gasteiger partial charge in [-0.1, -0.05) is 0 Å². The molecule has 174 valence electrons. The molecule has 1 amide bonds. The molecule has 4 rings (SSSR count). The lowest BCUT2D eigenvalue weighted by molar-refractivity contribution is -0.143. The van der Waals surface area contributed by atoms with E-state index >= 15 is 0 Å². The molecule has 32 heavy (non-hydrogen) atoms. The number of carbonyl (C=O) groups excluding carboxylic acids is 1. The highest BCUT2D eigenvalue weighted by molar-refractivity contribution is 5.78. The van der Waals surface area contributed by atoms with Crippen molar-refractivity contribution in [3.63, 3.8) is 0 Å². The molecule has 3 fully saturated rings. The van der Waals surface area contributed by atoms with Crippen LogP contribution in [0.3, 0.4) is 0 Å². The Hall–Kier alpha value is -3.15. The number of carboxylic acids is 1. The second-order valence-electron chi connectivity index (χ2n) is 8.54. The molecular weight excluding hydrogens is 416 g/mol. The predicted octanol–water partition coefficient (Wildman–Crippen LogP) is -0.0323. The summed E-state index contributed by atoms with van der Waals surface area (Å²) in [4.78, 5) is 42.1. The maximum absolute atomic E-state index is 12.5. The summed E-state index contributed by atoms with van der Waals surface area (Å²) in [5, 5.41) is 9.14. The van der Waals surface area contributed by atoms with E-state index in [1.807, 2.05) is 11.0 Å². The minimum Gasteiger partial charge on any atom is -0.481 e. The third-order valence-electron chi connectivity index (χ3n) is 6.39. The first kappa shape index (κ1) is 22.1. The van der Waals surface area contributed by atoms with E-state index in [4.69, 9.17) is 21.3 Å². The number of nitrogens with two attached hydrogens (primary N) is 2. The zero-order valence-electron chi connectivity index (χ0n) is 18.0. The van der Waals surface area contributed by atoms with Crippen LogP contribution in [0.1, 0.15) is 25.7 Å². The number of aliphatic imine (C=N–C) groups is 1. The standard InChI is InChI=1S/C20H30N8O4/c21-18(22)25-19-23-6-1-16(24-19)27-9-4-14(5-10-27)28-12-15(32-20(28)31)11-26-7-2-13(3-8-26)17(29)30/h1,6,13-15H,2-5,7-12H2,(H,29,30)(H4,21,22,23,24,25). The van der Waals surface area contributed by atoms with E-state index in [0.717, 1.165) is 44.8 Å². The van der Waals surface area contributed by atoms with Crippen LogP contribution in [0.2, 0.25) is 0 Å². The van der Waals surface area contributed by atoms with Crippen molar-refractivity contribution in [3.05, 3.63) is 12.3 Å². The number of amides is 1. The van der Waals surface area contributed by atoms with Crippen molar-refractivity contribution >= 4 is 29.8 Å². The SMILES string of the molecule is NC(N)=Nc1nccc(N2CCC(N3CC(CN4CCC(C(=O)O)CC4)OC3=O)CC2)n1. The summed E-state index contributed by atoms with van der Waals surface area (Å²) >= 11 is 0. The highest BCUT2D eigenvalue weighted by Gasteiger charge is 2.38. The van der Waals surface area contributed by atoms with Crippen molar-refractivity contribution in [2.45, 2.75) is 37.8 Å². The molecule has 12 nitrogen and oxygen atoms in total. The second-order valence-corrected chi connectivity index (χ2v) is 8.54. The topological polar surface area (TPSA) is 164 Å².